The molecule has 0 radical (unpaired) electrons. The van der Waals surface area contributed by atoms with Gasteiger partial charge in [0.15, 0.2) is 5.82 Å². The van der Waals surface area contributed by atoms with Crippen LogP contribution in [-0.2, 0) is 17.9 Å². The number of nitrogens with one attached hydrogen (secondary N) is 1. The van der Waals surface area contributed by atoms with E-state index in [9.17, 15) is 0 Å². The average molecular weight is 238 g/mol. The Morgan fingerprint density at radius 2 is 2.53 bits per heavy atom. The number of nitrogens with zero attached hydrogens (tertiary/aromatic N) is 3. The molecule has 0 aliphatic carbocycles. The van der Waals surface area contributed by atoms with Gasteiger partial charge >= 0.3 is 0 Å². The molecule has 1 unspecified atom stereocenters. The van der Waals surface area contributed by atoms with Gasteiger partial charge < -0.3 is 10.1 Å². The van der Waals surface area contributed by atoms with E-state index in [0.717, 1.165) is 38.5 Å². The zero-order valence-corrected chi connectivity index (χ0v) is 10.6. The summed E-state index contributed by atoms with van der Waals surface area (Å²) in [4.78, 5) is 4.23. The maximum Gasteiger partial charge on any atom is 0.152 e. The normalized spacial score (nSPS) is 20.6. The summed E-state index contributed by atoms with van der Waals surface area (Å²) in [6, 6.07) is 0. The minimum absolute atomic E-state index is 0.580. The molecule has 2 heterocycles. The summed E-state index contributed by atoms with van der Waals surface area (Å²) in [7, 11) is 0. The van der Waals surface area contributed by atoms with E-state index in [0.29, 0.717) is 12.5 Å². The number of rotatable bonds is 6. The number of ether oxygens (including phenoxy) is 1. The lowest BCUT2D eigenvalue weighted by Crippen LogP contribution is -2.32. The van der Waals surface area contributed by atoms with E-state index < -0.39 is 0 Å². The van der Waals surface area contributed by atoms with Gasteiger partial charge in [-0.1, -0.05) is 6.92 Å². The van der Waals surface area contributed by atoms with Gasteiger partial charge in [-0.2, -0.15) is 5.10 Å². The molecule has 0 bridgehead atoms. The summed E-state index contributed by atoms with van der Waals surface area (Å²) in [5.74, 6) is 1.60. The van der Waals surface area contributed by atoms with Crippen molar-refractivity contribution in [2.45, 2.75) is 39.3 Å². The molecule has 0 amide bonds. The molecule has 0 saturated carbocycles. The van der Waals surface area contributed by atoms with Crippen LogP contribution in [0.5, 0.6) is 0 Å². The average Bonchev–Trinajstić information content (AvgIpc) is 2.79. The molecule has 1 N–H and O–H groups in total. The van der Waals surface area contributed by atoms with Crippen LogP contribution in [0.15, 0.2) is 6.33 Å². The summed E-state index contributed by atoms with van der Waals surface area (Å²) in [6.07, 6.45) is 5.22. The Hall–Kier alpha value is -0.940. The zero-order chi connectivity index (χ0) is 11.9. The van der Waals surface area contributed by atoms with Gasteiger partial charge in [-0.15, -0.1) is 0 Å². The molecule has 0 aromatic carbocycles. The van der Waals surface area contributed by atoms with E-state index in [4.69, 9.17) is 4.74 Å². The molecule has 1 aromatic heterocycles. The SMILES string of the molecule is CCCn1ncnc1COCC1CCCNC1. The minimum atomic E-state index is 0.580. The molecule has 1 aliphatic heterocycles. The van der Waals surface area contributed by atoms with Crippen LogP contribution < -0.4 is 5.32 Å². The molecule has 17 heavy (non-hydrogen) atoms. The third-order valence-electron chi connectivity index (χ3n) is 3.11. The zero-order valence-electron chi connectivity index (χ0n) is 10.6. The van der Waals surface area contributed by atoms with Crippen molar-refractivity contribution in [3.63, 3.8) is 0 Å². The van der Waals surface area contributed by atoms with E-state index in [1.165, 1.54) is 12.8 Å². The fourth-order valence-corrected chi connectivity index (χ4v) is 2.18. The first-order valence-corrected chi connectivity index (χ1v) is 6.55. The smallest absolute Gasteiger partial charge is 0.152 e. The summed E-state index contributed by atoms with van der Waals surface area (Å²) < 4.78 is 7.67. The second-order valence-corrected chi connectivity index (χ2v) is 4.63. The van der Waals surface area contributed by atoms with Crippen molar-refractivity contribution < 1.29 is 4.74 Å². The van der Waals surface area contributed by atoms with Gasteiger partial charge in [-0.25, -0.2) is 9.67 Å². The minimum Gasteiger partial charge on any atom is -0.373 e. The Bertz CT molecular complexity index is 320. The molecule has 1 atom stereocenters. The maximum absolute atomic E-state index is 5.74. The first kappa shape index (κ1) is 12.5. The molecular formula is C12H22N4O. The van der Waals surface area contributed by atoms with Crippen molar-refractivity contribution in [3.05, 3.63) is 12.2 Å². The van der Waals surface area contributed by atoms with E-state index in [1.807, 2.05) is 4.68 Å². The van der Waals surface area contributed by atoms with Gasteiger partial charge in [0.05, 0.1) is 6.61 Å². The van der Waals surface area contributed by atoms with Gasteiger partial charge in [-0.3, -0.25) is 0 Å². The molecular weight excluding hydrogens is 216 g/mol. The van der Waals surface area contributed by atoms with E-state index in [-0.39, 0.29) is 0 Å². The fourth-order valence-electron chi connectivity index (χ4n) is 2.18. The van der Waals surface area contributed by atoms with E-state index in [2.05, 4.69) is 22.3 Å². The topological polar surface area (TPSA) is 52.0 Å². The number of aromatic nitrogens is 3. The lowest BCUT2D eigenvalue weighted by molar-refractivity contribution is 0.0718. The molecule has 5 nitrogen and oxygen atoms in total. The standard InChI is InChI=1S/C12H22N4O/c1-2-6-16-12(14-10-15-16)9-17-8-11-4-3-5-13-7-11/h10-11,13H,2-9H2,1H3. The number of piperidine rings is 1. The Morgan fingerprint density at radius 1 is 1.59 bits per heavy atom. The number of hydrogen-bond acceptors (Lipinski definition) is 4. The van der Waals surface area contributed by atoms with Gasteiger partial charge in [-0.05, 0) is 31.7 Å². The van der Waals surface area contributed by atoms with Crippen LogP contribution >= 0.6 is 0 Å². The number of aryl methyl sites for hydroxylation is 1. The maximum atomic E-state index is 5.74. The lowest BCUT2D eigenvalue weighted by atomic mass is 10.0. The van der Waals surface area contributed by atoms with Gasteiger partial charge in [0.25, 0.3) is 0 Å². The Kier molecular flexibility index (Phi) is 4.94. The monoisotopic (exact) mass is 238 g/mol. The van der Waals surface area contributed by atoms with Gasteiger partial charge in [0.2, 0.25) is 0 Å². The third-order valence-corrected chi connectivity index (χ3v) is 3.11. The largest absolute Gasteiger partial charge is 0.373 e. The third kappa shape index (κ3) is 3.78. The number of hydrogen-bond donors (Lipinski definition) is 1. The van der Waals surface area contributed by atoms with Crippen molar-refractivity contribution >= 4 is 0 Å². The van der Waals surface area contributed by atoms with Gasteiger partial charge in [0, 0.05) is 13.1 Å². The molecule has 2 rings (SSSR count). The predicted octanol–water partition coefficient (Wildman–Crippen LogP) is 1.20. The fraction of sp³-hybridized carbons (Fsp3) is 0.833. The van der Waals surface area contributed by atoms with Crippen molar-refractivity contribution in [1.82, 2.24) is 20.1 Å². The van der Waals surface area contributed by atoms with Crippen LogP contribution in [0.1, 0.15) is 32.0 Å². The highest BCUT2D eigenvalue weighted by atomic mass is 16.5. The molecule has 1 aliphatic rings. The second kappa shape index (κ2) is 6.71. The summed E-state index contributed by atoms with van der Waals surface area (Å²) in [5, 5.41) is 7.58. The van der Waals surface area contributed by atoms with Crippen molar-refractivity contribution in [2.24, 2.45) is 5.92 Å². The van der Waals surface area contributed by atoms with Crippen LogP contribution in [0.3, 0.4) is 0 Å². The summed E-state index contributed by atoms with van der Waals surface area (Å²) >= 11 is 0. The Morgan fingerprint density at radius 3 is 3.29 bits per heavy atom. The Labute approximate surface area is 103 Å². The van der Waals surface area contributed by atoms with Crippen LogP contribution in [0.2, 0.25) is 0 Å². The molecule has 0 spiro atoms. The van der Waals surface area contributed by atoms with Crippen molar-refractivity contribution in [1.29, 1.82) is 0 Å². The molecule has 1 saturated heterocycles. The lowest BCUT2D eigenvalue weighted by Gasteiger charge is -2.22. The molecule has 5 heteroatoms. The highest BCUT2D eigenvalue weighted by Crippen LogP contribution is 2.10. The molecule has 96 valence electrons. The predicted molar refractivity (Wildman–Crippen MR) is 65.6 cm³/mol. The van der Waals surface area contributed by atoms with E-state index >= 15 is 0 Å². The second-order valence-electron chi connectivity index (χ2n) is 4.63. The Balaban J connectivity index is 1.71. The van der Waals surface area contributed by atoms with Crippen LogP contribution in [0, 0.1) is 5.92 Å². The summed E-state index contributed by atoms with van der Waals surface area (Å²) in [6.45, 7) is 6.70. The highest BCUT2D eigenvalue weighted by molar-refractivity contribution is 4.81. The van der Waals surface area contributed by atoms with Gasteiger partial charge in [0.1, 0.15) is 12.9 Å². The molecule has 1 fully saturated rings. The van der Waals surface area contributed by atoms with Crippen LogP contribution in [0.4, 0.5) is 0 Å². The van der Waals surface area contributed by atoms with Crippen molar-refractivity contribution in [2.75, 3.05) is 19.7 Å². The van der Waals surface area contributed by atoms with Crippen LogP contribution in [0.25, 0.3) is 0 Å². The first-order valence-electron chi connectivity index (χ1n) is 6.55. The molecule has 1 aromatic rings. The van der Waals surface area contributed by atoms with Crippen LogP contribution in [-0.4, -0.2) is 34.5 Å². The highest BCUT2D eigenvalue weighted by Gasteiger charge is 2.13. The quantitative estimate of drug-likeness (QED) is 0.809. The summed E-state index contributed by atoms with van der Waals surface area (Å²) in [5.41, 5.74) is 0. The first-order chi connectivity index (χ1) is 8.40. The van der Waals surface area contributed by atoms with E-state index in [1.54, 1.807) is 6.33 Å². The van der Waals surface area contributed by atoms with Crippen molar-refractivity contribution in [3.8, 4) is 0 Å².